The van der Waals surface area contributed by atoms with Gasteiger partial charge in [0.25, 0.3) is 0 Å². The molecule has 0 atom stereocenters. The van der Waals surface area contributed by atoms with Gasteiger partial charge in [0, 0.05) is 15.3 Å². The molecule has 0 spiro atoms. The number of fused-ring (bicyclic) bond motifs is 1. The van der Waals surface area contributed by atoms with Crippen molar-refractivity contribution in [3.63, 3.8) is 0 Å². The maximum absolute atomic E-state index is 10.3. The van der Waals surface area contributed by atoms with Crippen LogP contribution in [0.25, 0.3) is 5.70 Å². The Morgan fingerprint density at radius 1 is 1.15 bits per heavy atom. The molecule has 2 aromatic rings. The van der Waals surface area contributed by atoms with Gasteiger partial charge in [-0.05, 0) is 18.2 Å². The van der Waals surface area contributed by atoms with Crippen molar-refractivity contribution in [3.8, 4) is 0 Å². The number of rotatable bonds is 1. The van der Waals surface area contributed by atoms with E-state index in [9.17, 15) is 5.21 Å². The molecule has 0 aliphatic carbocycles. The number of hydroxylamine groups is 2. The minimum atomic E-state index is 0.0660. The molecule has 0 saturated heterocycles. The molecule has 0 aromatic heterocycles. The lowest BCUT2D eigenvalue weighted by Crippen LogP contribution is -2.31. The van der Waals surface area contributed by atoms with Gasteiger partial charge in [0.1, 0.15) is 12.4 Å². The van der Waals surface area contributed by atoms with Crippen LogP contribution in [0, 0.1) is 5.41 Å². The molecular formula is C15H12BrN3O. The van der Waals surface area contributed by atoms with E-state index in [4.69, 9.17) is 5.41 Å². The van der Waals surface area contributed by atoms with E-state index in [1.54, 1.807) is 0 Å². The number of hydrogen-bond acceptors (Lipinski definition) is 3. The van der Waals surface area contributed by atoms with E-state index in [1.807, 2.05) is 48.5 Å². The van der Waals surface area contributed by atoms with Gasteiger partial charge >= 0.3 is 0 Å². The van der Waals surface area contributed by atoms with Crippen molar-refractivity contribution in [2.24, 2.45) is 4.99 Å². The van der Waals surface area contributed by atoms with Crippen molar-refractivity contribution in [2.75, 3.05) is 6.54 Å². The SMILES string of the molecule is N=C1CN(O)C(c2ccccc2)=c2cc(Br)ccc2=N1. The molecule has 20 heavy (non-hydrogen) atoms. The van der Waals surface area contributed by atoms with Gasteiger partial charge in [0.15, 0.2) is 0 Å². The monoisotopic (exact) mass is 329 g/mol. The Morgan fingerprint density at radius 3 is 2.65 bits per heavy atom. The summed E-state index contributed by atoms with van der Waals surface area (Å²) in [6.07, 6.45) is 0. The van der Waals surface area contributed by atoms with Crippen LogP contribution in [0.5, 0.6) is 0 Å². The van der Waals surface area contributed by atoms with Crippen LogP contribution in [-0.4, -0.2) is 22.7 Å². The molecule has 0 fully saturated rings. The third-order valence-electron chi connectivity index (χ3n) is 3.07. The van der Waals surface area contributed by atoms with Gasteiger partial charge in [-0.25, -0.2) is 10.1 Å². The van der Waals surface area contributed by atoms with E-state index in [-0.39, 0.29) is 12.4 Å². The quantitative estimate of drug-likeness (QED) is 0.839. The molecule has 0 saturated carbocycles. The fourth-order valence-electron chi connectivity index (χ4n) is 2.24. The van der Waals surface area contributed by atoms with E-state index < -0.39 is 0 Å². The lowest BCUT2D eigenvalue weighted by atomic mass is 10.1. The van der Waals surface area contributed by atoms with Gasteiger partial charge in [-0.1, -0.05) is 46.3 Å². The van der Waals surface area contributed by atoms with Crippen molar-refractivity contribution in [1.82, 2.24) is 5.06 Å². The summed E-state index contributed by atoms with van der Waals surface area (Å²) in [7, 11) is 0. The molecule has 5 heteroatoms. The number of nitrogens with one attached hydrogen (secondary N) is 1. The molecule has 1 aliphatic rings. The maximum atomic E-state index is 10.3. The summed E-state index contributed by atoms with van der Waals surface area (Å²) in [5.74, 6) is 0.127. The zero-order valence-corrected chi connectivity index (χ0v) is 12.1. The Bertz CT molecular complexity index is 787. The molecule has 0 amide bonds. The number of halogens is 1. The Morgan fingerprint density at radius 2 is 1.90 bits per heavy atom. The van der Waals surface area contributed by atoms with E-state index in [2.05, 4.69) is 20.9 Å². The van der Waals surface area contributed by atoms with Gasteiger partial charge in [-0.2, -0.15) is 0 Å². The Labute approximate surface area is 124 Å². The Kier molecular flexibility index (Phi) is 3.38. The first-order valence-corrected chi connectivity index (χ1v) is 6.92. The van der Waals surface area contributed by atoms with Crippen LogP contribution in [0.15, 0.2) is 58.0 Å². The van der Waals surface area contributed by atoms with Crippen molar-refractivity contribution in [1.29, 1.82) is 5.41 Å². The highest BCUT2D eigenvalue weighted by atomic mass is 79.9. The second-order valence-corrected chi connectivity index (χ2v) is 5.41. The second kappa shape index (κ2) is 5.19. The zero-order chi connectivity index (χ0) is 14.1. The average molecular weight is 330 g/mol. The third-order valence-corrected chi connectivity index (χ3v) is 3.57. The molecular weight excluding hydrogens is 318 g/mol. The molecule has 2 N–H and O–H groups in total. The second-order valence-electron chi connectivity index (χ2n) is 4.49. The summed E-state index contributed by atoms with van der Waals surface area (Å²) in [6, 6.07) is 15.2. The summed E-state index contributed by atoms with van der Waals surface area (Å²) < 4.78 is 0.904. The van der Waals surface area contributed by atoms with E-state index in [0.717, 1.165) is 20.3 Å². The Balaban J connectivity index is 2.43. The minimum Gasteiger partial charge on any atom is -0.288 e. The molecule has 1 aliphatic heterocycles. The molecule has 2 aromatic carbocycles. The van der Waals surface area contributed by atoms with Gasteiger partial charge in [0.2, 0.25) is 0 Å². The lowest BCUT2D eigenvalue weighted by molar-refractivity contribution is -0.0121. The van der Waals surface area contributed by atoms with Crippen molar-refractivity contribution < 1.29 is 5.21 Å². The van der Waals surface area contributed by atoms with Crippen molar-refractivity contribution in [2.45, 2.75) is 0 Å². The third kappa shape index (κ3) is 2.37. The number of hydrogen-bond donors (Lipinski definition) is 2. The van der Waals surface area contributed by atoms with Crippen molar-refractivity contribution >= 4 is 27.5 Å². The molecule has 100 valence electrons. The topological polar surface area (TPSA) is 59.7 Å². The molecule has 3 rings (SSSR count). The normalized spacial score (nSPS) is 14.6. The van der Waals surface area contributed by atoms with E-state index in [0.29, 0.717) is 11.1 Å². The summed E-state index contributed by atoms with van der Waals surface area (Å²) in [6.45, 7) is 0.0660. The van der Waals surface area contributed by atoms with Gasteiger partial charge in [0.05, 0.1) is 11.1 Å². The summed E-state index contributed by atoms with van der Waals surface area (Å²) in [5.41, 5.74) is 1.55. The van der Waals surface area contributed by atoms with Crippen LogP contribution in [0.4, 0.5) is 0 Å². The van der Waals surface area contributed by atoms with Crippen molar-refractivity contribution in [3.05, 3.63) is 69.1 Å². The molecule has 4 nitrogen and oxygen atoms in total. The predicted molar refractivity (Wildman–Crippen MR) is 80.1 cm³/mol. The van der Waals surface area contributed by atoms with Gasteiger partial charge < -0.3 is 0 Å². The smallest absolute Gasteiger partial charge is 0.143 e. The first-order chi connectivity index (χ1) is 9.65. The number of amidine groups is 1. The van der Waals surface area contributed by atoms with Crippen LogP contribution in [0.3, 0.4) is 0 Å². The highest BCUT2D eigenvalue weighted by Gasteiger charge is 2.16. The standard InChI is InChI=1S/C15H12BrN3O/c16-11-6-7-13-12(8-11)15(10-4-2-1-3-5-10)19(20)9-14(17)18-13/h1-8,17,20H,9H2. The maximum Gasteiger partial charge on any atom is 0.143 e. The number of benzene rings is 2. The summed E-state index contributed by atoms with van der Waals surface area (Å²) in [5, 5.41) is 20.7. The molecule has 1 heterocycles. The van der Waals surface area contributed by atoms with Crippen LogP contribution < -0.4 is 10.6 Å². The fraction of sp³-hybridized carbons (Fsp3) is 0.0667. The molecule has 0 unspecified atom stereocenters. The highest BCUT2D eigenvalue weighted by Crippen LogP contribution is 2.15. The molecule has 0 bridgehead atoms. The minimum absolute atomic E-state index is 0.0660. The first kappa shape index (κ1) is 13.0. The van der Waals surface area contributed by atoms with Crippen LogP contribution in [0.1, 0.15) is 5.56 Å². The summed E-state index contributed by atoms with van der Waals surface area (Å²) in [4.78, 5) is 4.25. The van der Waals surface area contributed by atoms with E-state index >= 15 is 0 Å². The Hall–Kier alpha value is -1.98. The van der Waals surface area contributed by atoms with Crippen LogP contribution >= 0.6 is 15.9 Å². The molecule has 0 radical (unpaired) electrons. The fourth-order valence-corrected chi connectivity index (χ4v) is 2.60. The average Bonchev–Trinajstić information content (AvgIpc) is 2.54. The largest absolute Gasteiger partial charge is 0.288 e. The van der Waals surface area contributed by atoms with Crippen LogP contribution in [-0.2, 0) is 0 Å². The van der Waals surface area contributed by atoms with Crippen LogP contribution in [0.2, 0.25) is 0 Å². The predicted octanol–water partition coefficient (Wildman–Crippen LogP) is 1.91. The van der Waals surface area contributed by atoms with E-state index in [1.165, 1.54) is 0 Å². The number of nitrogens with zero attached hydrogens (tertiary/aromatic N) is 2. The summed E-state index contributed by atoms with van der Waals surface area (Å²) >= 11 is 3.44. The zero-order valence-electron chi connectivity index (χ0n) is 10.5. The highest BCUT2D eigenvalue weighted by molar-refractivity contribution is 9.10. The first-order valence-electron chi connectivity index (χ1n) is 6.13. The van der Waals surface area contributed by atoms with Gasteiger partial charge in [-0.15, -0.1) is 0 Å². The van der Waals surface area contributed by atoms with Gasteiger partial charge in [-0.3, -0.25) is 10.6 Å². The lowest BCUT2D eigenvalue weighted by Gasteiger charge is -2.18.